The van der Waals surface area contributed by atoms with E-state index in [-0.39, 0.29) is 6.42 Å². The van der Waals surface area contributed by atoms with E-state index in [4.69, 9.17) is 26.7 Å². The number of fused-ring (bicyclic) bond motifs is 1. The summed E-state index contributed by atoms with van der Waals surface area (Å²) in [4.78, 5) is 30.4. The minimum atomic E-state index is -0.866. The molecule has 5 rings (SSSR count). The highest BCUT2D eigenvalue weighted by Crippen LogP contribution is 2.40. The Morgan fingerprint density at radius 2 is 1.72 bits per heavy atom. The number of aromatic nitrogens is 3. The average Bonchev–Trinajstić information content (AvgIpc) is 3.28. The first-order chi connectivity index (χ1) is 18.4. The largest absolute Gasteiger partial charge is 0.481 e. The Hall–Kier alpha value is -3.11. The van der Waals surface area contributed by atoms with E-state index >= 15 is 0 Å². The maximum absolute atomic E-state index is 11.7. The predicted molar refractivity (Wildman–Crippen MR) is 159 cm³/mol. The van der Waals surface area contributed by atoms with Crippen LogP contribution in [0, 0.1) is 6.92 Å². The standard InChI is InChI=1S/C25H24ClN5O2S.C4H10O/c1-15-13-20-23(22(18(15)14-21(32)33)16-3-5-17(26)6-4-16)34-24(28-20)19-7-8-27-25(29-19)31-11-9-30(2)10-12-31;1-4(2,3)5/h3-8,13H,9-12,14H2,1-2H3,(H,32,33);5H,1-3H3. The van der Waals surface area contributed by atoms with Gasteiger partial charge in [0.2, 0.25) is 5.95 Å². The van der Waals surface area contributed by atoms with Gasteiger partial charge in [0, 0.05) is 43.0 Å². The lowest BCUT2D eigenvalue weighted by atomic mass is 9.93. The lowest BCUT2D eigenvalue weighted by molar-refractivity contribution is -0.136. The number of aliphatic carboxylic acids is 1. The van der Waals surface area contributed by atoms with E-state index in [2.05, 4.69) is 21.8 Å². The van der Waals surface area contributed by atoms with Crippen molar-refractivity contribution >= 4 is 45.1 Å². The average molecular weight is 568 g/mol. The number of rotatable bonds is 5. The SMILES string of the molecule is CC(C)(C)O.Cc1cc2nc(-c3ccnc(N4CCN(C)CC4)n3)sc2c(-c2ccc(Cl)cc2)c1CC(=O)O. The summed E-state index contributed by atoms with van der Waals surface area (Å²) in [5.74, 6) is -0.152. The van der Waals surface area contributed by atoms with Crippen molar-refractivity contribution in [1.29, 1.82) is 0 Å². The number of halogens is 1. The molecule has 8 nitrogen and oxygen atoms in total. The van der Waals surface area contributed by atoms with Crippen LogP contribution in [0.2, 0.25) is 5.02 Å². The van der Waals surface area contributed by atoms with Crippen molar-refractivity contribution in [1.82, 2.24) is 19.9 Å². The smallest absolute Gasteiger partial charge is 0.307 e. The van der Waals surface area contributed by atoms with Crippen molar-refractivity contribution in [3.05, 3.63) is 58.7 Å². The molecule has 1 aliphatic heterocycles. The first-order valence-corrected chi connectivity index (χ1v) is 14.0. The molecule has 1 aliphatic rings. The summed E-state index contributed by atoms with van der Waals surface area (Å²) in [6, 6.07) is 11.4. The zero-order valence-electron chi connectivity index (χ0n) is 22.9. The number of benzene rings is 2. The van der Waals surface area contributed by atoms with Crippen molar-refractivity contribution in [2.75, 3.05) is 38.1 Å². The van der Waals surface area contributed by atoms with E-state index in [1.165, 1.54) is 11.3 Å². The highest BCUT2D eigenvalue weighted by atomic mass is 35.5. The number of aliphatic hydroxyl groups is 1. The summed E-state index contributed by atoms with van der Waals surface area (Å²) >= 11 is 7.65. The Morgan fingerprint density at radius 3 is 2.33 bits per heavy atom. The van der Waals surface area contributed by atoms with E-state index in [1.807, 2.05) is 43.3 Å². The minimum absolute atomic E-state index is 0.0615. The molecule has 3 heterocycles. The number of hydrogen-bond acceptors (Lipinski definition) is 8. The van der Waals surface area contributed by atoms with Gasteiger partial charge in [-0.25, -0.2) is 15.0 Å². The number of thiazole rings is 1. The molecule has 2 aromatic heterocycles. The summed E-state index contributed by atoms with van der Waals surface area (Å²) in [5.41, 5.74) is 4.60. The Labute approximate surface area is 237 Å². The molecule has 0 spiro atoms. The first kappa shape index (κ1) is 28.9. The number of piperazine rings is 1. The van der Waals surface area contributed by atoms with Gasteiger partial charge in [0.15, 0.2) is 0 Å². The molecule has 39 heavy (non-hydrogen) atoms. The van der Waals surface area contributed by atoms with Crippen molar-refractivity contribution < 1.29 is 15.0 Å². The third-order valence-electron chi connectivity index (χ3n) is 6.12. The first-order valence-electron chi connectivity index (χ1n) is 12.8. The Kier molecular flexibility index (Phi) is 8.86. The van der Waals surface area contributed by atoms with Gasteiger partial charge in [-0.05, 0) is 75.7 Å². The normalized spacial score (nSPS) is 14.3. The number of hydrogen-bond donors (Lipinski definition) is 2. The molecule has 2 aromatic carbocycles. The van der Waals surface area contributed by atoms with Gasteiger partial charge in [-0.3, -0.25) is 4.79 Å². The molecule has 10 heteroatoms. The fourth-order valence-corrected chi connectivity index (χ4v) is 5.51. The Bertz CT molecular complexity index is 1450. The van der Waals surface area contributed by atoms with Gasteiger partial charge in [0.05, 0.1) is 22.2 Å². The molecule has 1 saturated heterocycles. The molecule has 0 atom stereocenters. The fourth-order valence-electron chi connectivity index (χ4n) is 4.27. The maximum atomic E-state index is 11.7. The summed E-state index contributed by atoms with van der Waals surface area (Å²) in [6.45, 7) is 10.9. The van der Waals surface area contributed by atoms with Crippen LogP contribution in [0.25, 0.3) is 32.0 Å². The zero-order chi connectivity index (χ0) is 28.3. The third kappa shape index (κ3) is 7.51. The number of carboxylic acids is 1. The van der Waals surface area contributed by atoms with Crippen LogP contribution in [-0.4, -0.2) is 74.9 Å². The highest BCUT2D eigenvalue weighted by molar-refractivity contribution is 7.22. The fraction of sp³-hybridized carbons (Fsp3) is 0.379. The lowest BCUT2D eigenvalue weighted by Gasteiger charge is -2.32. The van der Waals surface area contributed by atoms with Crippen LogP contribution in [0.4, 0.5) is 5.95 Å². The van der Waals surface area contributed by atoms with Crippen molar-refractivity contribution in [2.24, 2.45) is 0 Å². The molecule has 4 aromatic rings. The summed E-state index contributed by atoms with van der Waals surface area (Å²) < 4.78 is 0.943. The lowest BCUT2D eigenvalue weighted by Crippen LogP contribution is -2.45. The van der Waals surface area contributed by atoms with Crippen molar-refractivity contribution in [2.45, 2.75) is 39.7 Å². The molecular formula is C29H34ClN5O3S. The monoisotopic (exact) mass is 567 g/mol. The number of aryl methyl sites for hydroxylation is 1. The summed E-state index contributed by atoms with van der Waals surface area (Å²) in [5, 5.41) is 19.5. The predicted octanol–water partition coefficient (Wildman–Crippen LogP) is 5.54. The number of likely N-dealkylation sites (N-methyl/N-ethyl adjacent to an activating group) is 1. The van der Waals surface area contributed by atoms with Gasteiger partial charge in [-0.2, -0.15) is 0 Å². The van der Waals surface area contributed by atoms with E-state index in [1.54, 1.807) is 27.0 Å². The van der Waals surface area contributed by atoms with Crippen LogP contribution in [0.1, 0.15) is 31.9 Å². The van der Waals surface area contributed by atoms with Gasteiger partial charge < -0.3 is 20.0 Å². The van der Waals surface area contributed by atoms with Gasteiger partial charge in [0.1, 0.15) is 10.7 Å². The van der Waals surface area contributed by atoms with Gasteiger partial charge in [-0.1, -0.05) is 23.7 Å². The van der Waals surface area contributed by atoms with Gasteiger partial charge in [-0.15, -0.1) is 11.3 Å². The molecule has 1 fully saturated rings. The quantitative estimate of drug-likeness (QED) is 0.324. The second-order valence-electron chi connectivity index (χ2n) is 10.7. The topological polar surface area (TPSA) is 103 Å². The van der Waals surface area contributed by atoms with Crippen molar-refractivity contribution in [3.63, 3.8) is 0 Å². The Balaban J connectivity index is 0.000000648. The molecule has 0 saturated carbocycles. The Morgan fingerprint density at radius 1 is 1.08 bits per heavy atom. The molecular weight excluding hydrogens is 534 g/mol. The molecule has 0 amide bonds. The zero-order valence-corrected chi connectivity index (χ0v) is 24.5. The van der Waals surface area contributed by atoms with Gasteiger partial charge in [0.25, 0.3) is 0 Å². The minimum Gasteiger partial charge on any atom is -0.481 e. The number of carboxylic acid groups (broad SMARTS) is 1. The molecule has 0 aliphatic carbocycles. The van der Waals surface area contributed by atoms with Crippen molar-refractivity contribution in [3.8, 4) is 21.8 Å². The summed E-state index contributed by atoms with van der Waals surface area (Å²) in [7, 11) is 2.12. The van der Waals surface area contributed by atoms with E-state index in [9.17, 15) is 9.90 Å². The van der Waals surface area contributed by atoms with E-state index in [0.29, 0.717) is 11.0 Å². The van der Waals surface area contributed by atoms with Crippen LogP contribution in [0.15, 0.2) is 42.6 Å². The third-order valence-corrected chi connectivity index (χ3v) is 7.48. The second-order valence-corrected chi connectivity index (χ2v) is 12.1. The number of nitrogens with zero attached hydrogens (tertiary/aromatic N) is 5. The van der Waals surface area contributed by atoms with Crippen LogP contribution >= 0.6 is 22.9 Å². The number of carbonyl (C=O) groups is 1. The number of anilines is 1. The molecule has 2 N–H and O–H groups in total. The summed E-state index contributed by atoms with van der Waals surface area (Å²) in [6.07, 6.45) is 1.72. The van der Waals surface area contributed by atoms with Crippen LogP contribution < -0.4 is 4.90 Å². The molecule has 0 bridgehead atoms. The van der Waals surface area contributed by atoms with Gasteiger partial charge >= 0.3 is 5.97 Å². The maximum Gasteiger partial charge on any atom is 0.307 e. The van der Waals surface area contributed by atoms with Crippen LogP contribution in [-0.2, 0) is 11.2 Å². The van der Waals surface area contributed by atoms with E-state index < -0.39 is 11.6 Å². The molecule has 206 valence electrons. The molecule has 0 unspecified atom stereocenters. The second kappa shape index (κ2) is 12.0. The van der Waals surface area contributed by atoms with Crippen LogP contribution in [0.5, 0.6) is 0 Å². The van der Waals surface area contributed by atoms with Crippen LogP contribution in [0.3, 0.4) is 0 Å². The highest BCUT2D eigenvalue weighted by Gasteiger charge is 2.21. The molecule has 0 radical (unpaired) electrons. The van der Waals surface area contributed by atoms with E-state index in [0.717, 1.165) is 69.4 Å².